The first-order chi connectivity index (χ1) is 12.2. The Morgan fingerprint density at radius 3 is 2.31 bits per heavy atom. The van der Waals surface area contributed by atoms with Crippen molar-refractivity contribution in [2.24, 2.45) is 0 Å². The Hall–Kier alpha value is -2.44. The van der Waals surface area contributed by atoms with Crippen molar-refractivity contribution in [1.29, 1.82) is 0 Å². The lowest BCUT2D eigenvalue weighted by Crippen LogP contribution is -2.22. The van der Waals surface area contributed by atoms with Crippen LogP contribution in [0.3, 0.4) is 0 Å². The van der Waals surface area contributed by atoms with Gasteiger partial charge in [0.05, 0.1) is 11.0 Å². The van der Waals surface area contributed by atoms with Crippen LogP contribution < -0.4 is 4.74 Å². The molecule has 0 amide bonds. The molecule has 6 heteroatoms. The zero-order valence-electron chi connectivity index (χ0n) is 15.3. The summed E-state index contributed by atoms with van der Waals surface area (Å²) in [5.41, 5.74) is 1.18. The van der Waals surface area contributed by atoms with Gasteiger partial charge in [-0.3, -0.25) is 4.79 Å². The third-order valence-corrected chi connectivity index (χ3v) is 5.39. The normalized spacial score (nSPS) is 12.1. The predicted molar refractivity (Wildman–Crippen MR) is 103 cm³/mol. The Morgan fingerprint density at radius 1 is 1.08 bits per heavy atom. The third-order valence-electron chi connectivity index (χ3n) is 3.58. The Labute approximate surface area is 155 Å². The second-order valence-electron chi connectivity index (χ2n) is 6.25. The summed E-state index contributed by atoms with van der Waals surface area (Å²) in [4.78, 5) is 12.5. The smallest absolute Gasteiger partial charge is 0.242 e. The van der Waals surface area contributed by atoms with E-state index in [-0.39, 0.29) is 16.8 Å². The molecule has 0 aliphatic carbocycles. The molecule has 2 aromatic rings. The standard InChI is InChI=1S/C20H23NO4S/c1-15(2)25-18-11-8-16(9-12-18)10-13-20(22)17-6-5-7-19(14-17)26(23,24)21(3)4/h5-15H,1-4H3/b13-10+. The van der Waals surface area contributed by atoms with Crippen molar-refractivity contribution in [3.05, 3.63) is 65.7 Å². The molecule has 0 unspecified atom stereocenters. The fourth-order valence-corrected chi connectivity index (χ4v) is 3.17. The minimum atomic E-state index is -3.57. The van der Waals surface area contributed by atoms with E-state index in [0.29, 0.717) is 5.56 Å². The zero-order chi connectivity index (χ0) is 19.3. The van der Waals surface area contributed by atoms with Gasteiger partial charge in [-0.1, -0.05) is 30.3 Å². The highest BCUT2D eigenvalue weighted by Gasteiger charge is 2.18. The Balaban J connectivity index is 2.16. The maximum atomic E-state index is 12.4. The number of sulfonamides is 1. The van der Waals surface area contributed by atoms with Crippen LogP contribution in [0.4, 0.5) is 0 Å². The maximum absolute atomic E-state index is 12.4. The van der Waals surface area contributed by atoms with Crippen LogP contribution in [0.1, 0.15) is 29.8 Å². The monoisotopic (exact) mass is 373 g/mol. The molecule has 0 saturated carbocycles. The van der Waals surface area contributed by atoms with Gasteiger partial charge >= 0.3 is 0 Å². The second-order valence-corrected chi connectivity index (χ2v) is 8.40. The van der Waals surface area contributed by atoms with E-state index in [1.54, 1.807) is 18.2 Å². The molecular weight excluding hydrogens is 350 g/mol. The van der Waals surface area contributed by atoms with E-state index in [1.165, 1.54) is 32.3 Å². The molecule has 0 radical (unpaired) electrons. The molecule has 0 bridgehead atoms. The molecule has 0 spiro atoms. The van der Waals surface area contributed by atoms with E-state index in [9.17, 15) is 13.2 Å². The lowest BCUT2D eigenvalue weighted by molar-refractivity contribution is 0.104. The summed E-state index contributed by atoms with van der Waals surface area (Å²) in [5.74, 6) is 0.508. The highest BCUT2D eigenvalue weighted by atomic mass is 32.2. The van der Waals surface area contributed by atoms with Gasteiger partial charge in [0.2, 0.25) is 10.0 Å². The van der Waals surface area contributed by atoms with Crippen LogP contribution in [-0.2, 0) is 10.0 Å². The van der Waals surface area contributed by atoms with Crippen LogP contribution in [0.5, 0.6) is 5.75 Å². The molecule has 0 aliphatic heterocycles. The quantitative estimate of drug-likeness (QED) is 0.549. The van der Waals surface area contributed by atoms with Gasteiger partial charge in [0.25, 0.3) is 0 Å². The van der Waals surface area contributed by atoms with Crippen molar-refractivity contribution in [1.82, 2.24) is 4.31 Å². The van der Waals surface area contributed by atoms with E-state index >= 15 is 0 Å². The van der Waals surface area contributed by atoms with E-state index in [2.05, 4.69) is 0 Å². The average molecular weight is 373 g/mol. The van der Waals surface area contributed by atoms with Crippen LogP contribution in [-0.4, -0.2) is 38.7 Å². The number of carbonyl (C=O) groups is 1. The first-order valence-corrected chi connectivity index (χ1v) is 9.66. The van der Waals surface area contributed by atoms with Gasteiger partial charge in [-0.2, -0.15) is 0 Å². The van der Waals surface area contributed by atoms with Crippen LogP contribution in [0.25, 0.3) is 6.08 Å². The molecular formula is C20H23NO4S. The number of allylic oxidation sites excluding steroid dienone is 1. The molecule has 0 heterocycles. The number of hydrogen-bond donors (Lipinski definition) is 0. The van der Waals surface area contributed by atoms with Crippen LogP contribution >= 0.6 is 0 Å². The van der Waals surface area contributed by atoms with Gasteiger partial charge in [-0.15, -0.1) is 0 Å². The number of benzene rings is 2. The lowest BCUT2D eigenvalue weighted by Gasteiger charge is -2.11. The van der Waals surface area contributed by atoms with Crippen molar-refractivity contribution in [3.63, 3.8) is 0 Å². The molecule has 26 heavy (non-hydrogen) atoms. The molecule has 2 rings (SSSR count). The van der Waals surface area contributed by atoms with Crippen LogP contribution in [0, 0.1) is 0 Å². The Bertz CT molecular complexity index is 898. The molecule has 0 fully saturated rings. The van der Waals surface area contributed by atoms with Crippen molar-refractivity contribution >= 4 is 21.9 Å². The Kier molecular flexibility index (Phi) is 6.34. The zero-order valence-corrected chi connectivity index (χ0v) is 16.2. The minimum absolute atomic E-state index is 0.0944. The van der Waals surface area contributed by atoms with Gasteiger partial charge in [0.15, 0.2) is 5.78 Å². The van der Waals surface area contributed by atoms with Gasteiger partial charge in [0.1, 0.15) is 5.75 Å². The summed E-state index contributed by atoms with van der Waals surface area (Å²) < 4.78 is 31.1. The molecule has 2 aromatic carbocycles. The summed E-state index contributed by atoms with van der Waals surface area (Å²) >= 11 is 0. The summed E-state index contributed by atoms with van der Waals surface area (Å²) in [6.07, 6.45) is 3.22. The number of ether oxygens (including phenoxy) is 1. The van der Waals surface area contributed by atoms with Crippen molar-refractivity contribution in [2.75, 3.05) is 14.1 Å². The number of rotatable bonds is 7. The highest BCUT2D eigenvalue weighted by Crippen LogP contribution is 2.17. The molecule has 138 valence electrons. The highest BCUT2D eigenvalue weighted by molar-refractivity contribution is 7.89. The van der Waals surface area contributed by atoms with Gasteiger partial charge in [-0.25, -0.2) is 12.7 Å². The topological polar surface area (TPSA) is 63.7 Å². The van der Waals surface area contributed by atoms with E-state index < -0.39 is 10.0 Å². The summed E-state index contributed by atoms with van der Waals surface area (Å²) in [7, 11) is -0.662. The minimum Gasteiger partial charge on any atom is -0.491 e. The fourth-order valence-electron chi connectivity index (χ4n) is 2.22. The first kappa shape index (κ1) is 19.9. The van der Waals surface area contributed by atoms with Gasteiger partial charge in [-0.05, 0) is 49.8 Å². The first-order valence-electron chi connectivity index (χ1n) is 8.22. The average Bonchev–Trinajstić information content (AvgIpc) is 2.60. The van der Waals surface area contributed by atoms with E-state index in [1.807, 2.05) is 38.1 Å². The van der Waals surface area contributed by atoms with Crippen molar-refractivity contribution in [2.45, 2.75) is 24.8 Å². The molecule has 5 nitrogen and oxygen atoms in total. The molecule has 0 aromatic heterocycles. The number of nitrogens with zero attached hydrogens (tertiary/aromatic N) is 1. The SMILES string of the molecule is CC(C)Oc1ccc(/C=C/C(=O)c2cccc(S(=O)(=O)N(C)C)c2)cc1. The summed E-state index contributed by atoms with van der Waals surface area (Å²) in [5, 5.41) is 0. The predicted octanol–water partition coefficient (Wildman–Crippen LogP) is 3.62. The second kappa shape index (κ2) is 8.29. The fraction of sp³-hybridized carbons (Fsp3) is 0.250. The van der Waals surface area contributed by atoms with Crippen molar-refractivity contribution < 1.29 is 17.9 Å². The number of hydrogen-bond acceptors (Lipinski definition) is 4. The summed E-state index contributed by atoms with van der Waals surface area (Å²) in [6, 6.07) is 13.4. The van der Waals surface area contributed by atoms with Crippen molar-refractivity contribution in [3.8, 4) is 5.75 Å². The van der Waals surface area contributed by atoms with Gasteiger partial charge in [0, 0.05) is 19.7 Å². The lowest BCUT2D eigenvalue weighted by atomic mass is 10.1. The third kappa shape index (κ3) is 5.03. The van der Waals surface area contributed by atoms with E-state index in [0.717, 1.165) is 15.6 Å². The number of carbonyl (C=O) groups excluding carboxylic acids is 1. The molecule has 0 atom stereocenters. The number of ketones is 1. The largest absolute Gasteiger partial charge is 0.491 e. The Morgan fingerprint density at radius 2 is 1.73 bits per heavy atom. The van der Waals surface area contributed by atoms with Gasteiger partial charge < -0.3 is 4.74 Å². The molecule has 0 saturated heterocycles. The maximum Gasteiger partial charge on any atom is 0.242 e. The van der Waals surface area contributed by atoms with E-state index in [4.69, 9.17) is 4.74 Å². The molecule has 0 aliphatic rings. The summed E-state index contributed by atoms with van der Waals surface area (Å²) in [6.45, 7) is 3.91. The molecule has 0 N–H and O–H groups in total. The van der Waals surface area contributed by atoms with Crippen LogP contribution in [0.15, 0.2) is 59.5 Å². The van der Waals surface area contributed by atoms with Crippen LogP contribution in [0.2, 0.25) is 0 Å².